The Hall–Kier alpha value is -1.02. The van der Waals surface area contributed by atoms with Crippen molar-refractivity contribution < 1.29 is 4.74 Å². The summed E-state index contributed by atoms with van der Waals surface area (Å²) in [7, 11) is 0. The molecule has 0 amide bonds. The molecule has 1 aromatic carbocycles. The van der Waals surface area contributed by atoms with Gasteiger partial charge in [0.1, 0.15) is 12.4 Å². The lowest BCUT2D eigenvalue weighted by Crippen LogP contribution is -2.40. The van der Waals surface area contributed by atoms with Gasteiger partial charge in [-0.3, -0.25) is 0 Å². The van der Waals surface area contributed by atoms with Gasteiger partial charge in [0.15, 0.2) is 0 Å². The number of ether oxygens (including phenoxy) is 1. The average Bonchev–Trinajstić information content (AvgIpc) is 2.99. The highest BCUT2D eigenvalue weighted by molar-refractivity contribution is 5.27. The first-order valence-corrected chi connectivity index (χ1v) is 8.28. The Bertz CT molecular complexity index is 368. The van der Waals surface area contributed by atoms with Crippen molar-refractivity contribution in [1.29, 1.82) is 0 Å². The van der Waals surface area contributed by atoms with E-state index in [1.165, 1.54) is 37.7 Å². The minimum absolute atomic E-state index is 0.512. The molecular weight excluding hydrogens is 246 g/mol. The van der Waals surface area contributed by atoms with E-state index in [9.17, 15) is 0 Å². The van der Waals surface area contributed by atoms with E-state index < -0.39 is 0 Å². The SMILES string of the molecule is CCCc1ccc(OCC(NCC)C2CCCC2)cc1. The predicted molar refractivity (Wildman–Crippen MR) is 85.4 cm³/mol. The molecule has 112 valence electrons. The van der Waals surface area contributed by atoms with Crippen LogP contribution in [0.5, 0.6) is 5.75 Å². The second-order valence-electron chi connectivity index (χ2n) is 5.91. The van der Waals surface area contributed by atoms with Crippen molar-refractivity contribution in [2.75, 3.05) is 13.2 Å². The van der Waals surface area contributed by atoms with Gasteiger partial charge in [0.25, 0.3) is 0 Å². The Balaban J connectivity index is 1.84. The molecular formula is C18H29NO. The number of aryl methyl sites for hydroxylation is 1. The zero-order chi connectivity index (χ0) is 14.2. The molecule has 1 aliphatic carbocycles. The summed E-state index contributed by atoms with van der Waals surface area (Å²) in [6.07, 6.45) is 7.84. The third-order valence-electron chi connectivity index (χ3n) is 4.33. The van der Waals surface area contributed by atoms with Crippen LogP contribution in [0, 0.1) is 5.92 Å². The molecule has 2 heteroatoms. The van der Waals surface area contributed by atoms with Gasteiger partial charge in [-0.1, -0.05) is 45.2 Å². The maximum Gasteiger partial charge on any atom is 0.119 e. The molecule has 0 heterocycles. The lowest BCUT2D eigenvalue weighted by molar-refractivity contribution is 0.219. The second-order valence-corrected chi connectivity index (χ2v) is 5.91. The van der Waals surface area contributed by atoms with Crippen LogP contribution in [-0.2, 0) is 6.42 Å². The van der Waals surface area contributed by atoms with Gasteiger partial charge >= 0.3 is 0 Å². The van der Waals surface area contributed by atoms with Crippen molar-refractivity contribution >= 4 is 0 Å². The van der Waals surface area contributed by atoms with Crippen molar-refractivity contribution in [3.05, 3.63) is 29.8 Å². The number of likely N-dealkylation sites (N-methyl/N-ethyl adjacent to an activating group) is 1. The third kappa shape index (κ3) is 4.52. The van der Waals surface area contributed by atoms with Crippen LogP contribution >= 0.6 is 0 Å². The van der Waals surface area contributed by atoms with Crippen LogP contribution in [0.15, 0.2) is 24.3 Å². The van der Waals surface area contributed by atoms with Crippen LogP contribution in [0.2, 0.25) is 0 Å². The lowest BCUT2D eigenvalue weighted by atomic mass is 9.99. The average molecular weight is 275 g/mol. The maximum atomic E-state index is 6.00. The summed E-state index contributed by atoms with van der Waals surface area (Å²) >= 11 is 0. The molecule has 1 aromatic rings. The van der Waals surface area contributed by atoms with Crippen LogP contribution in [0.4, 0.5) is 0 Å². The van der Waals surface area contributed by atoms with Crippen LogP contribution < -0.4 is 10.1 Å². The molecule has 1 N–H and O–H groups in total. The van der Waals surface area contributed by atoms with Crippen molar-refractivity contribution in [2.45, 2.75) is 58.4 Å². The van der Waals surface area contributed by atoms with Crippen molar-refractivity contribution in [1.82, 2.24) is 5.32 Å². The number of hydrogen-bond acceptors (Lipinski definition) is 2. The standard InChI is InChI=1S/C18H29NO/c1-3-7-15-10-12-17(13-11-15)20-14-18(19-4-2)16-8-5-6-9-16/h10-13,16,18-19H,3-9,14H2,1-2H3. The number of benzene rings is 1. The molecule has 2 rings (SSSR count). The topological polar surface area (TPSA) is 21.3 Å². The van der Waals surface area contributed by atoms with Crippen LogP contribution in [0.3, 0.4) is 0 Å². The number of rotatable bonds is 8. The Morgan fingerprint density at radius 3 is 2.45 bits per heavy atom. The first kappa shape index (κ1) is 15.4. The van der Waals surface area contributed by atoms with Crippen LogP contribution in [-0.4, -0.2) is 19.2 Å². The summed E-state index contributed by atoms with van der Waals surface area (Å²) in [6, 6.07) is 9.12. The Kier molecular flexibility index (Phi) is 6.38. The molecule has 0 radical (unpaired) electrons. The van der Waals surface area contributed by atoms with E-state index >= 15 is 0 Å². The summed E-state index contributed by atoms with van der Waals surface area (Å²) in [5.74, 6) is 1.81. The monoisotopic (exact) mass is 275 g/mol. The molecule has 0 bridgehead atoms. The van der Waals surface area contributed by atoms with Crippen molar-refractivity contribution in [3.8, 4) is 5.75 Å². The minimum atomic E-state index is 0.512. The quantitative estimate of drug-likeness (QED) is 0.768. The summed E-state index contributed by atoms with van der Waals surface area (Å²) in [5.41, 5.74) is 1.40. The highest BCUT2D eigenvalue weighted by atomic mass is 16.5. The summed E-state index contributed by atoms with van der Waals surface area (Å²) in [6.45, 7) is 6.22. The van der Waals surface area contributed by atoms with Crippen LogP contribution in [0.25, 0.3) is 0 Å². The molecule has 0 aliphatic heterocycles. The van der Waals surface area contributed by atoms with Gasteiger partial charge in [0.2, 0.25) is 0 Å². The summed E-state index contributed by atoms with van der Waals surface area (Å²) in [4.78, 5) is 0. The van der Waals surface area contributed by atoms with E-state index in [1.807, 2.05) is 0 Å². The first-order chi connectivity index (χ1) is 9.83. The fourth-order valence-electron chi connectivity index (χ4n) is 3.21. The van der Waals surface area contributed by atoms with Gasteiger partial charge in [-0.15, -0.1) is 0 Å². The highest BCUT2D eigenvalue weighted by Crippen LogP contribution is 2.28. The molecule has 1 unspecified atom stereocenters. The smallest absolute Gasteiger partial charge is 0.119 e. The van der Waals surface area contributed by atoms with Crippen LogP contribution in [0.1, 0.15) is 51.5 Å². The van der Waals surface area contributed by atoms with E-state index in [2.05, 4.69) is 43.4 Å². The highest BCUT2D eigenvalue weighted by Gasteiger charge is 2.24. The van der Waals surface area contributed by atoms with Crippen molar-refractivity contribution in [3.63, 3.8) is 0 Å². The van der Waals surface area contributed by atoms with Gasteiger partial charge in [0, 0.05) is 6.04 Å². The zero-order valence-electron chi connectivity index (χ0n) is 13.0. The molecule has 1 atom stereocenters. The molecule has 1 fully saturated rings. The molecule has 20 heavy (non-hydrogen) atoms. The molecule has 0 saturated heterocycles. The van der Waals surface area contributed by atoms with E-state index in [-0.39, 0.29) is 0 Å². The normalized spacial score (nSPS) is 17.3. The largest absolute Gasteiger partial charge is 0.492 e. The molecule has 1 saturated carbocycles. The third-order valence-corrected chi connectivity index (χ3v) is 4.33. The predicted octanol–water partition coefficient (Wildman–Crippen LogP) is 4.19. The first-order valence-electron chi connectivity index (χ1n) is 8.28. The fraction of sp³-hybridized carbons (Fsp3) is 0.667. The Morgan fingerprint density at radius 1 is 1.15 bits per heavy atom. The van der Waals surface area contributed by atoms with E-state index in [4.69, 9.17) is 4.74 Å². The van der Waals surface area contributed by atoms with Crippen molar-refractivity contribution in [2.24, 2.45) is 5.92 Å². The Morgan fingerprint density at radius 2 is 1.85 bits per heavy atom. The second kappa shape index (κ2) is 8.31. The Labute approximate surface area is 123 Å². The number of hydrogen-bond donors (Lipinski definition) is 1. The van der Waals surface area contributed by atoms with Gasteiger partial charge < -0.3 is 10.1 Å². The summed E-state index contributed by atoms with van der Waals surface area (Å²) in [5, 5.41) is 3.60. The van der Waals surface area contributed by atoms with Gasteiger partial charge in [-0.05, 0) is 49.4 Å². The molecule has 2 nitrogen and oxygen atoms in total. The van der Waals surface area contributed by atoms with E-state index in [1.54, 1.807) is 0 Å². The fourth-order valence-corrected chi connectivity index (χ4v) is 3.21. The zero-order valence-corrected chi connectivity index (χ0v) is 13.0. The molecule has 1 aliphatic rings. The minimum Gasteiger partial charge on any atom is -0.492 e. The summed E-state index contributed by atoms with van der Waals surface area (Å²) < 4.78 is 6.00. The van der Waals surface area contributed by atoms with Gasteiger partial charge in [-0.2, -0.15) is 0 Å². The molecule has 0 aromatic heterocycles. The maximum absolute atomic E-state index is 6.00. The number of nitrogens with one attached hydrogen (secondary N) is 1. The van der Waals surface area contributed by atoms with Gasteiger partial charge in [-0.25, -0.2) is 0 Å². The molecule has 0 spiro atoms. The van der Waals surface area contributed by atoms with E-state index in [0.29, 0.717) is 6.04 Å². The lowest BCUT2D eigenvalue weighted by Gasteiger charge is -2.24. The van der Waals surface area contributed by atoms with Gasteiger partial charge in [0.05, 0.1) is 0 Å². The van der Waals surface area contributed by atoms with E-state index in [0.717, 1.165) is 31.2 Å².